The third kappa shape index (κ3) is 5.24. The molecule has 1 atom stereocenters. The summed E-state index contributed by atoms with van der Waals surface area (Å²) in [5.41, 5.74) is 7.23. The highest BCUT2D eigenvalue weighted by molar-refractivity contribution is 8.00. The first-order valence-corrected chi connectivity index (χ1v) is 12.8. The number of hydrogen-bond acceptors (Lipinski definition) is 7. The predicted octanol–water partition coefficient (Wildman–Crippen LogP) is 3.98. The Morgan fingerprint density at radius 2 is 2.06 bits per heavy atom. The zero-order valence-corrected chi connectivity index (χ0v) is 20.5. The summed E-state index contributed by atoms with van der Waals surface area (Å²) in [5.74, 6) is -0.638. The standard InChI is InChI=1S/C25H28FN7OS/c1-3-18-19(14-27)25(35-22(23(28)34)20-7-6-16(26)15-30-20)31-24(21(18)29-2)33-12-8-17(9-13-33)32-10-4-5-11-32/h6-7,15,17,22H,3-5,8-13H2,1H3,(H2,28,34). The number of aromatic nitrogens is 2. The summed E-state index contributed by atoms with van der Waals surface area (Å²) in [6.07, 6.45) is 6.00. The quantitative estimate of drug-likeness (QED) is 0.460. The molecule has 182 valence electrons. The van der Waals surface area contributed by atoms with Crippen LogP contribution in [0.4, 0.5) is 15.9 Å². The van der Waals surface area contributed by atoms with Gasteiger partial charge in [-0.1, -0.05) is 18.7 Å². The number of primary amides is 1. The second kappa shape index (κ2) is 11.0. The number of anilines is 1. The summed E-state index contributed by atoms with van der Waals surface area (Å²) >= 11 is 1.02. The molecule has 8 nitrogen and oxygen atoms in total. The molecule has 0 spiro atoms. The largest absolute Gasteiger partial charge is 0.368 e. The molecule has 2 aliphatic rings. The van der Waals surface area contributed by atoms with Crippen molar-refractivity contribution in [2.75, 3.05) is 31.1 Å². The van der Waals surface area contributed by atoms with Gasteiger partial charge in [-0.2, -0.15) is 5.26 Å². The van der Waals surface area contributed by atoms with E-state index in [-0.39, 0.29) is 11.3 Å². The van der Waals surface area contributed by atoms with E-state index < -0.39 is 17.0 Å². The van der Waals surface area contributed by atoms with Crippen LogP contribution in [-0.2, 0) is 11.2 Å². The van der Waals surface area contributed by atoms with E-state index >= 15 is 0 Å². The van der Waals surface area contributed by atoms with Crippen LogP contribution in [0, 0.1) is 23.7 Å². The molecule has 4 rings (SSSR count). The maximum absolute atomic E-state index is 13.4. The molecule has 10 heteroatoms. The molecule has 2 fully saturated rings. The van der Waals surface area contributed by atoms with E-state index in [9.17, 15) is 14.4 Å². The summed E-state index contributed by atoms with van der Waals surface area (Å²) in [5, 5.41) is 9.34. The van der Waals surface area contributed by atoms with Gasteiger partial charge in [-0.3, -0.25) is 9.78 Å². The van der Waals surface area contributed by atoms with Crippen molar-refractivity contribution in [3.8, 4) is 6.07 Å². The third-order valence-corrected chi connectivity index (χ3v) is 7.95. The van der Waals surface area contributed by atoms with E-state index in [4.69, 9.17) is 17.3 Å². The Morgan fingerprint density at radius 3 is 2.60 bits per heavy atom. The number of hydrogen-bond donors (Lipinski definition) is 1. The number of pyridine rings is 2. The number of nitriles is 1. The number of nitrogens with two attached hydrogens (primary N) is 1. The molecule has 2 saturated heterocycles. The minimum Gasteiger partial charge on any atom is -0.368 e. The van der Waals surface area contributed by atoms with E-state index in [0.29, 0.717) is 34.6 Å². The van der Waals surface area contributed by atoms with Crippen LogP contribution >= 0.6 is 11.8 Å². The number of nitrogens with zero attached hydrogens (tertiary/aromatic N) is 6. The van der Waals surface area contributed by atoms with E-state index in [1.54, 1.807) is 0 Å². The minimum absolute atomic E-state index is 0.271. The molecule has 1 amide bonds. The van der Waals surface area contributed by atoms with Gasteiger partial charge in [0, 0.05) is 19.1 Å². The molecule has 1 unspecified atom stereocenters. The molecule has 2 aromatic rings. The minimum atomic E-state index is -0.951. The van der Waals surface area contributed by atoms with Crippen LogP contribution in [0.5, 0.6) is 0 Å². The van der Waals surface area contributed by atoms with Gasteiger partial charge < -0.3 is 15.5 Å². The topological polar surface area (TPSA) is 104 Å². The monoisotopic (exact) mass is 493 g/mol. The van der Waals surface area contributed by atoms with Gasteiger partial charge in [-0.15, -0.1) is 0 Å². The number of amides is 1. The molecular formula is C25H28FN7OS. The summed E-state index contributed by atoms with van der Waals surface area (Å²) < 4.78 is 13.4. The van der Waals surface area contributed by atoms with Crippen LogP contribution in [0.15, 0.2) is 23.4 Å². The number of rotatable bonds is 7. The molecule has 2 N–H and O–H groups in total. The van der Waals surface area contributed by atoms with Gasteiger partial charge >= 0.3 is 0 Å². The Bertz CT molecular complexity index is 1160. The van der Waals surface area contributed by atoms with Crippen molar-refractivity contribution < 1.29 is 9.18 Å². The fourth-order valence-electron chi connectivity index (χ4n) is 4.94. The van der Waals surface area contributed by atoms with Crippen LogP contribution in [0.3, 0.4) is 0 Å². The maximum Gasteiger partial charge on any atom is 0.237 e. The molecule has 2 aromatic heterocycles. The first-order valence-electron chi connectivity index (χ1n) is 11.9. The van der Waals surface area contributed by atoms with Crippen molar-refractivity contribution >= 4 is 29.2 Å². The molecule has 35 heavy (non-hydrogen) atoms. The maximum atomic E-state index is 13.4. The van der Waals surface area contributed by atoms with Crippen molar-refractivity contribution in [1.29, 1.82) is 5.26 Å². The lowest BCUT2D eigenvalue weighted by molar-refractivity contribution is -0.117. The van der Waals surface area contributed by atoms with Gasteiger partial charge in [-0.25, -0.2) is 14.2 Å². The Morgan fingerprint density at radius 1 is 1.34 bits per heavy atom. The Kier molecular flexibility index (Phi) is 7.84. The molecular weight excluding hydrogens is 465 g/mol. The Hall–Kier alpha value is -3.21. The Labute approximate surface area is 209 Å². The number of likely N-dealkylation sites (tertiary alicyclic amines) is 1. The number of halogens is 1. The van der Waals surface area contributed by atoms with Crippen molar-refractivity contribution in [3.05, 3.63) is 52.4 Å². The first kappa shape index (κ1) is 24.9. The van der Waals surface area contributed by atoms with Crippen molar-refractivity contribution in [1.82, 2.24) is 14.9 Å². The highest BCUT2D eigenvalue weighted by atomic mass is 32.2. The second-order valence-corrected chi connectivity index (χ2v) is 9.88. The van der Waals surface area contributed by atoms with Gasteiger partial charge in [0.05, 0.1) is 24.0 Å². The highest BCUT2D eigenvalue weighted by Gasteiger charge is 2.31. The number of carbonyl (C=O) groups excluding carboxylic acids is 1. The first-order chi connectivity index (χ1) is 17.0. The van der Waals surface area contributed by atoms with E-state index in [1.807, 2.05) is 6.92 Å². The van der Waals surface area contributed by atoms with Crippen LogP contribution < -0.4 is 10.6 Å². The summed E-state index contributed by atoms with van der Waals surface area (Å²) in [6, 6.07) is 5.35. The van der Waals surface area contributed by atoms with Crippen LogP contribution in [-0.4, -0.2) is 53.0 Å². The van der Waals surface area contributed by atoms with Crippen molar-refractivity contribution in [2.24, 2.45) is 5.73 Å². The fourth-order valence-corrected chi connectivity index (χ4v) is 5.96. The number of thioether (sulfide) groups is 1. The Balaban J connectivity index is 1.69. The van der Waals surface area contributed by atoms with Crippen LogP contribution in [0.25, 0.3) is 4.85 Å². The molecule has 0 bridgehead atoms. The number of carbonyl (C=O) groups is 1. The van der Waals surface area contributed by atoms with Crippen molar-refractivity contribution in [3.63, 3.8) is 0 Å². The lowest BCUT2D eigenvalue weighted by Gasteiger charge is -2.38. The third-order valence-electron chi connectivity index (χ3n) is 6.73. The lowest BCUT2D eigenvalue weighted by Crippen LogP contribution is -2.44. The van der Waals surface area contributed by atoms with Gasteiger partial charge in [0.15, 0.2) is 0 Å². The highest BCUT2D eigenvalue weighted by Crippen LogP contribution is 2.43. The normalized spacial score (nSPS) is 17.7. The zero-order valence-electron chi connectivity index (χ0n) is 19.7. The second-order valence-electron chi connectivity index (χ2n) is 8.78. The summed E-state index contributed by atoms with van der Waals surface area (Å²) in [7, 11) is 0. The molecule has 0 aromatic carbocycles. The van der Waals surface area contributed by atoms with Crippen LogP contribution in [0.1, 0.15) is 54.7 Å². The average molecular weight is 494 g/mol. The lowest BCUT2D eigenvalue weighted by atomic mass is 10.0. The van der Waals surface area contributed by atoms with Gasteiger partial charge in [-0.05, 0) is 62.9 Å². The summed E-state index contributed by atoms with van der Waals surface area (Å²) in [6.45, 7) is 13.6. The smallest absolute Gasteiger partial charge is 0.237 e. The number of piperidine rings is 1. The molecule has 0 radical (unpaired) electrons. The van der Waals surface area contributed by atoms with E-state index in [0.717, 1.165) is 57.0 Å². The van der Waals surface area contributed by atoms with E-state index in [2.05, 4.69) is 25.7 Å². The summed E-state index contributed by atoms with van der Waals surface area (Å²) in [4.78, 5) is 29.5. The van der Waals surface area contributed by atoms with Gasteiger partial charge in [0.2, 0.25) is 11.6 Å². The predicted molar refractivity (Wildman–Crippen MR) is 133 cm³/mol. The fraction of sp³-hybridized carbons (Fsp3) is 0.480. The van der Waals surface area contributed by atoms with Crippen molar-refractivity contribution in [2.45, 2.75) is 55.3 Å². The van der Waals surface area contributed by atoms with Gasteiger partial charge in [0.25, 0.3) is 0 Å². The SMILES string of the molecule is [C-]#[N+]c1c(N2CCC(N3CCCC3)CC2)nc(SC(C(N)=O)c2ccc(F)cn2)c(C#N)c1CC. The molecule has 0 aliphatic carbocycles. The van der Waals surface area contributed by atoms with Gasteiger partial charge in [0.1, 0.15) is 28.0 Å². The molecule has 4 heterocycles. The average Bonchev–Trinajstić information content (AvgIpc) is 3.42. The molecule has 0 saturated carbocycles. The van der Waals surface area contributed by atoms with E-state index in [1.165, 1.54) is 25.0 Å². The zero-order chi connectivity index (χ0) is 24.9. The van der Waals surface area contributed by atoms with Crippen LogP contribution in [0.2, 0.25) is 0 Å². The molecule has 2 aliphatic heterocycles.